The zero-order chi connectivity index (χ0) is 14.7. The molecule has 0 spiro atoms. The van der Waals surface area contributed by atoms with E-state index < -0.39 is 0 Å². The van der Waals surface area contributed by atoms with Crippen LogP contribution in [-0.4, -0.2) is 35.2 Å². The largest absolute Gasteiger partial charge is 0.497 e. The fourth-order valence-corrected chi connectivity index (χ4v) is 2.52. The summed E-state index contributed by atoms with van der Waals surface area (Å²) >= 11 is 0. The summed E-state index contributed by atoms with van der Waals surface area (Å²) in [5, 5.41) is 18.1. The van der Waals surface area contributed by atoms with Gasteiger partial charge in [-0.15, -0.1) is 15.0 Å². The first-order valence-electron chi connectivity index (χ1n) is 7.08. The molecule has 6 nitrogen and oxygen atoms in total. The van der Waals surface area contributed by atoms with E-state index in [1.54, 1.807) is 7.11 Å². The molecule has 0 radical (unpaired) electrons. The van der Waals surface area contributed by atoms with Crippen molar-refractivity contribution in [2.45, 2.75) is 19.3 Å². The molecule has 1 aromatic heterocycles. The van der Waals surface area contributed by atoms with Crippen molar-refractivity contribution < 1.29 is 4.74 Å². The van der Waals surface area contributed by atoms with Gasteiger partial charge in [0.05, 0.1) is 12.8 Å². The van der Waals surface area contributed by atoms with Gasteiger partial charge in [-0.25, -0.2) is 0 Å². The van der Waals surface area contributed by atoms with E-state index in [1.807, 2.05) is 24.3 Å². The van der Waals surface area contributed by atoms with Gasteiger partial charge >= 0.3 is 0 Å². The molecule has 2 aromatic rings. The third-order valence-corrected chi connectivity index (χ3v) is 3.66. The van der Waals surface area contributed by atoms with Crippen molar-refractivity contribution in [2.24, 2.45) is 0 Å². The van der Waals surface area contributed by atoms with Crippen molar-refractivity contribution in [3.8, 4) is 17.5 Å². The van der Waals surface area contributed by atoms with Crippen LogP contribution in [0.1, 0.15) is 25.0 Å². The molecule has 21 heavy (non-hydrogen) atoms. The average Bonchev–Trinajstić information content (AvgIpc) is 3.00. The van der Waals surface area contributed by atoms with Gasteiger partial charge in [0.1, 0.15) is 11.8 Å². The molecule has 1 fully saturated rings. The first-order valence-corrected chi connectivity index (χ1v) is 7.08. The van der Waals surface area contributed by atoms with Crippen LogP contribution in [0.5, 0.6) is 5.75 Å². The number of nitrogens with zero attached hydrogens (tertiary/aromatic N) is 5. The summed E-state index contributed by atoms with van der Waals surface area (Å²) in [5.74, 6) is 1.47. The Morgan fingerprint density at radius 3 is 2.43 bits per heavy atom. The molecule has 2 heterocycles. The van der Waals surface area contributed by atoms with E-state index >= 15 is 0 Å². The lowest BCUT2D eigenvalue weighted by molar-refractivity contribution is 0.414. The van der Waals surface area contributed by atoms with E-state index in [-0.39, 0.29) is 0 Å². The number of rotatable bonds is 3. The lowest BCUT2D eigenvalue weighted by atomic mass is 10.1. The number of ether oxygens (including phenoxy) is 1. The van der Waals surface area contributed by atoms with Crippen LogP contribution in [0.25, 0.3) is 5.69 Å². The molecule has 1 aromatic carbocycles. The summed E-state index contributed by atoms with van der Waals surface area (Å²) in [6.45, 7) is 1.88. The molecule has 108 valence electrons. The fourth-order valence-electron chi connectivity index (χ4n) is 2.52. The number of hydrogen-bond donors (Lipinski definition) is 0. The molecule has 0 unspecified atom stereocenters. The molecule has 0 atom stereocenters. The number of benzene rings is 1. The van der Waals surface area contributed by atoms with Crippen LogP contribution in [0.4, 0.5) is 5.82 Å². The van der Waals surface area contributed by atoms with Gasteiger partial charge in [0.2, 0.25) is 5.69 Å². The summed E-state index contributed by atoms with van der Waals surface area (Å²) in [6.07, 6.45) is 3.52. The molecule has 3 rings (SSSR count). The van der Waals surface area contributed by atoms with Crippen molar-refractivity contribution in [2.75, 3.05) is 25.1 Å². The molecule has 0 N–H and O–H groups in total. The third kappa shape index (κ3) is 2.68. The Bertz CT molecular complexity index is 650. The summed E-state index contributed by atoms with van der Waals surface area (Å²) in [6, 6.07) is 9.60. The van der Waals surface area contributed by atoms with E-state index in [1.165, 1.54) is 11.2 Å². The number of nitriles is 1. The van der Waals surface area contributed by atoms with Gasteiger partial charge in [-0.05, 0) is 43.5 Å². The molecule has 0 saturated carbocycles. The predicted molar refractivity (Wildman–Crippen MR) is 78.7 cm³/mol. The summed E-state index contributed by atoms with van der Waals surface area (Å²) in [7, 11) is 1.63. The minimum atomic E-state index is 0.382. The van der Waals surface area contributed by atoms with Crippen LogP contribution in [0.15, 0.2) is 24.3 Å². The van der Waals surface area contributed by atoms with Crippen molar-refractivity contribution in [1.82, 2.24) is 15.0 Å². The molecular formula is C15H17N5O. The maximum Gasteiger partial charge on any atom is 0.207 e. The monoisotopic (exact) mass is 283 g/mol. The highest BCUT2D eigenvalue weighted by atomic mass is 16.5. The number of anilines is 1. The average molecular weight is 283 g/mol. The molecular weight excluding hydrogens is 266 g/mol. The van der Waals surface area contributed by atoms with Crippen LogP contribution < -0.4 is 9.64 Å². The zero-order valence-electron chi connectivity index (χ0n) is 12.0. The number of hydrogen-bond acceptors (Lipinski definition) is 5. The number of methoxy groups -OCH3 is 1. The standard InChI is InChI=1S/C15H17N5O/c1-21-13-7-5-12(6-8-13)20-17-14(11-16)15(18-20)19-9-3-2-4-10-19/h5-8H,2-4,9-10H2,1H3. The highest BCUT2D eigenvalue weighted by molar-refractivity contribution is 5.50. The Labute approximate surface area is 123 Å². The molecule has 1 saturated heterocycles. The van der Waals surface area contributed by atoms with Crippen molar-refractivity contribution in [3.63, 3.8) is 0 Å². The van der Waals surface area contributed by atoms with Crippen LogP contribution in [0.2, 0.25) is 0 Å². The van der Waals surface area contributed by atoms with E-state index in [9.17, 15) is 5.26 Å². The number of piperidine rings is 1. The van der Waals surface area contributed by atoms with Gasteiger partial charge in [-0.1, -0.05) is 0 Å². The molecule has 0 aliphatic carbocycles. The minimum Gasteiger partial charge on any atom is -0.497 e. The quantitative estimate of drug-likeness (QED) is 0.863. The smallest absolute Gasteiger partial charge is 0.207 e. The van der Waals surface area contributed by atoms with Gasteiger partial charge in [0.25, 0.3) is 0 Å². The summed E-state index contributed by atoms with van der Waals surface area (Å²) < 4.78 is 5.14. The van der Waals surface area contributed by atoms with Gasteiger partial charge in [0.15, 0.2) is 5.82 Å². The SMILES string of the molecule is COc1ccc(-n2nc(C#N)c(N3CCCCC3)n2)cc1. The normalized spacial score (nSPS) is 14.8. The van der Waals surface area contributed by atoms with Crippen molar-refractivity contribution >= 4 is 5.82 Å². The molecule has 6 heteroatoms. The Balaban J connectivity index is 1.92. The summed E-state index contributed by atoms with van der Waals surface area (Å²) in [4.78, 5) is 3.66. The first-order chi connectivity index (χ1) is 10.3. The van der Waals surface area contributed by atoms with Crippen LogP contribution in [0, 0.1) is 11.3 Å². The van der Waals surface area contributed by atoms with Crippen LogP contribution >= 0.6 is 0 Å². The Hall–Kier alpha value is -2.55. The van der Waals surface area contributed by atoms with Gasteiger partial charge in [-0.3, -0.25) is 0 Å². The second-order valence-corrected chi connectivity index (χ2v) is 5.02. The van der Waals surface area contributed by atoms with Gasteiger partial charge in [-0.2, -0.15) is 5.26 Å². The molecule has 1 aliphatic rings. The molecule has 1 aliphatic heterocycles. The Morgan fingerprint density at radius 2 is 1.81 bits per heavy atom. The van der Waals surface area contributed by atoms with E-state index in [0.29, 0.717) is 11.5 Å². The lowest BCUT2D eigenvalue weighted by Gasteiger charge is -2.26. The zero-order valence-corrected chi connectivity index (χ0v) is 12.0. The third-order valence-electron chi connectivity index (χ3n) is 3.66. The molecule has 0 amide bonds. The first kappa shape index (κ1) is 13.4. The van der Waals surface area contributed by atoms with Gasteiger partial charge < -0.3 is 9.64 Å². The summed E-state index contributed by atoms with van der Waals surface area (Å²) in [5.41, 5.74) is 1.20. The highest BCUT2D eigenvalue weighted by Gasteiger charge is 2.20. The lowest BCUT2D eigenvalue weighted by Crippen LogP contribution is -2.30. The van der Waals surface area contributed by atoms with Gasteiger partial charge in [0, 0.05) is 13.1 Å². The Kier molecular flexibility index (Phi) is 3.73. The van der Waals surface area contributed by atoms with E-state index in [4.69, 9.17) is 4.74 Å². The van der Waals surface area contributed by atoms with E-state index in [2.05, 4.69) is 21.2 Å². The molecule has 0 bridgehead atoms. The van der Waals surface area contributed by atoms with Crippen LogP contribution in [0.3, 0.4) is 0 Å². The maximum absolute atomic E-state index is 9.28. The second-order valence-electron chi connectivity index (χ2n) is 5.02. The number of aromatic nitrogens is 3. The van der Waals surface area contributed by atoms with Crippen LogP contribution in [-0.2, 0) is 0 Å². The predicted octanol–water partition coefficient (Wildman–Crippen LogP) is 2.14. The van der Waals surface area contributed by atoms with E-state index in [0.717, 1.165) is 37.4 Å². The second kappa shape index (κ2) is 5.83. The minimum absolute atomic E-state index is 0.382. The fraction of sp³-hybridized carbons (Fsp3) is 0.400. The highest BCUT2D eigenvalue weighted by Crippen LogP contribution is 2.22. The maximum atomic E-state index is 9.28. The topological polar surface area (TPSA) is 67.0 Å². The Morgan fingerprint density at radius 1 is 1.10 bits per heavy atom. The van der Waals surface area contributed by atoms with Crippen molar-refractivity contribution in [1.29, 1.82) is 5.26 Å². The van der Waals surface area contributed by atoms with Crippen molar-refractivity contribution in [3.05, 3.63) is 30.0 Å².